The van der Waals surface area contributed by atoms with E-state index < -0.39 is 0 Å². The number of benzene rings is 1. The highest BCUT2D eigenvalue weighted by Crippen LogP contribution is 2.34. The van der Waals surface area contributed by atoms with Crippen molar-refractivity contribution < 1.29 is 4.79 Å². The summed E-state index contributed by atoms with van der Waals surface area (Å²) < 4.78 is 1.99. The number of rotatable bonds is 5. The quantitative estimate of drug-likeness (QED) is 0.476. The fraction of sp³-hybridized carbons (Fsp3) is 0.417. The third-order valence-electron chi connectivity index (χ3n) is 5.86. The molecule has 32 heavy (non-hydrogen) atoms. The molecule has 0 N–H and O–H groups in total. The van der Waals surface area contributed by atoms with Crippen LogP contribution in [0.15, 0.2) is 47.9 Å². The lowest BCUT2D eigenvalue weighted by molar-refractivity contribution is -0.132. The lowest BCUT2D eigenvalue weighted by Crippen LogP contribution is -2.45. The van der Waals surface area contributed by atoms with E-state index >= 15 is 0 Å². The molecular formula is C24H28ClN5OS. The van der Waals surface area contributed by atoms with Gasteiger partial charge in [-0.2, -0.15) is 0 Å². The zero-order chi connectivity index (χ0) is 22.8. The normalized spacial score (nSPS) is 19.7. The predicted molar refractivity (Wildman–Crippen MR) is 129 cm³/mol. The second kappa shape index (κ2) is 9.63. The van der Waals surface area contributed by atoms with Gasteiger partial charge in [0.25, 0.3) is 0 Å². The Hall–Kier alpha value is -2.38. The van der Waals surface area contributed by atoms with Crippen LogP contribution in [0.3, 0.4) is 0 Å². The average molecular weight is 470 g/mol. The van der Waals surface area contributed by atoms with Crippen molar-refractivity contribution in [3.8, 4) is 17.1 Å². The van der Waals surface area contributed by atoms with Crippen LogP contribution in [-0.2, 0) is 4.79 Å². The molecular weight excluding hydrogens is 442 g/mol. The van der Waals surface area contributed by atoms with Crippen LogP contribution in [0.4, 0.5) is 0 Å². The Labute approximate surface area is 198 Å². The molecule has 6 nitrogen and oxygen atoms in total. The molecule has 2 aromatic heterocycles. The Kier molecular flexibility index (Phi) is 6.86. The number of carbonyl (C=O) groups excluding carboxylic acids is 1. The minimum atomic E-state index is -0.278. The van der Waals surface area contributed by atoms with Gasteiger partial charge in [-0.25, -0.2) is 0 Å². The van der Waals surface area contributed by atoms with Crippen molar-refractivity contribution in [1.29, 1.82) is 0 Å². The van der Waals surface area contributed by atoms with Crippen LogP contribution in [-0.4, -0.2) is 48.9 Å². The fourth-order valence-electron chi connectivity index (χ4n) is 4.40. The number of piperidine rings is 1. The van der Waals surface area contributed by atoms with E-state index in [1.165, 1.54) is 18.2 Å². The number of pyridine rings is 1. The van der Waals surface area contributed by atoms with Gasteiger partial charge in [0.1, 0.15) is 0 Å². The zero-order valence-corrected chi connectivity index (χ0v) is 20.4. The first-order chi connectivity index (χ1) is 15.3. The molecule has 0 saturated carbocycles. The van der Waals surface area contributed by atoms with Gasteiger partial charge in [0.15, 0.2) is 11.0 Å². The highest BCUT2D eigenvalue weighted by molar-refractivity contribution is 8.00. The average Bonchev–Trinajstić information content (AvgIpc) is 3.18. The van der Waals surface area contributed by atoms with Gasteiger partial charge in [0.2, 0.25) is 5.91 Å². The molecule has 1 aliphatic heterocycles. The third kappa shape index (κ3) is 4.69. The monoisotopic (exact) mass is 469 g/mol. The maximum Gasteiger partial charge on any atom is 0.235 e. The number of aromatic nitrogens is 4. The van der Waals surface area contributed by atoms with Gasteiger partial charge in [0.05, 0.1) is 10.9 Å². The van der Waals surface area contributed by atoms with Crippen LogP contribution in [0.5, 0.6) is 0 Å². The van der Waals surface area contributed by atoms with Crippen LogP contribution < -0.4 is 0 Å². The molecule has 1 aromatic carbocycles. The lowest BCUT2D eigenvalue weighted by Gasteiger charge is -2.36. The van der Waals surface area contributed by atoms with E-state index in [4.69, 9.17) is 11.6 Å². The molecule has 4 rings (SSSR count). The number of hydrogen-bond acceptors (Lipinski definition) is 5. The van der Waals surface area contributed by atoms with Gasteiger partial charge in [-0.3, -0.25) is 14.3 Å². The molecule has 3 aromatic rings. The highest BCUT2D eigenvalue weighted by Gasteiger charge is 2.30. The Balaban J connectivity index is 1.69. The number of hydrogen-bond donors (Lipinski definition) is 0. The van der Waals surface area contributed by atoms with E-state index in [0.717, 1.165) is 29.9 Å². The van der Waals surface area contributed by atoms with E-state index in [1.807, 2.05) is 53.6 Å². The minimum Gasteiger partial charge on any atom is -0.341 e. The van der Waals surface area contributed by atoms with Gasteiger partial charge in [-0.1, -0.05) is 43.3 Å². The minimum absolute atomic E-state index is 0.149. The van der Waals surface area contributed by atoms with Gasteiger partial charge >= 0.3 is 0 Å². The molecule has 1 aliphatic rings. The summed E-state index contributed by atoms with van der Waals surface area (Å²) in [6, 6.07) is 9.59. The summed E-state index contributed by atoms with van der Waals surface area (Å²) in [6.45, 7) is 9.99. The largest absolute Gasteiger partial charge is 0.341 e. The standard InChI is InChI=1S/C24H28ClN5OS/c1-15-12-16(2)14-29(13-15)23(31)18(4)32-24-28-27-22(19-8-10-26-11-9-19)30(24)21-7-5-6-20(25)17(21)3/h5-11,15-16,18H,12-14H2,1-4H3. The number of thioether (sulfide) groups is 1. The first kappa shape index (κ1) is 22.8. The highest BCUT2D eigenvalue weighted by atomic mass is 35.5. The summed E-state index contributed by atoms with van der Waals surface area (Å²) in [4.78, 5) is 19.4. The fourth-order valence-corrected chi connectivity index (χ4v) is 5.51. The topological polar surface area (TPSA) is 63.9 Å². The molecule has 3 atom stereocenters. The van der Waals surface area contributed by atoms with Crippen LogP contribution in [0.1, 0.15) is 32.8 Å². The molecule has 0 bridgehead atoms. The second-order valence-corrected chi connectivity index (χ2v) is 10.4. The third-order valence-corrected chi connectivity index (χ3v) is 7.30. The molecule has 0 spiro atoms. The van der Waals surface area contributed by atoms with Gasteiger partial charge in [0, 0.05) is 36.1 Å². The maximum absolute atomic E-state index is 13.3. The molecule has 168 valence electrons. The molecule has 3 heterocycles. The number of halogens is 1. The first-order valence-electron chi connectivity index (χ1n) is 10.9. The molecule has 0 aliphatic carbocycles. The van der Waals surface area contributed by atoms with Gasteiger partial charge in [-0.05, 0) is 61.9 Å². The number of carbonyl (C=O) groups is 1. The Morgan fingerprint density at radius 3 is 2.50 bits per heavy atom. The van der Waals surface area contributed by atoms with Crippen molar-refractivity contribution >= 4 is 29.3 Å². The molecule has 0 radical (unpaired) electrons. The number of amides is 1. The van der Waals surface area contributed by atoms with E-state index in [9.17, 15) is 4.79 Å². The van der Waals surface area contributed by atoms with Crippen molar-refractivity contribution in [1.82, 2.24) is 24.6 Å². The SMILES string of the molecule is Cc1c(Cl)cccc1-n1c(SC(C)C(=O)N2CC(C)CC(C)C2)nnc1-c1ccncc1. The molecule has 8 heteroatoms. The van der Waals surface area contributed by atoms with E-state index in [1.54, 1.807) is 12.4 Å². The van der Waals surface area contributed by atoms with Crippen molar-refractivity contribution in [2.45, 2.75) is 44.5 Å². The van der Waals surface area contributed by atoms with Crippen LogP contribution in [0.2, 0.25) is 5.02 Å². The van der Waals surface area contributed by atoms with Crippen molar-refractivity contribution in [3.63, 3.8) is 0 Å². The number of likely N-dealkylation sites (tertiary alicyclic amines) is 1. The second-order valence-electron chi connectivity index (χ2n) is 8.71. The summed E-state index contributed by atoms with van der Waals surface area (Å²) >= 11 is 7.87. The van der Waals surface area contributed by atoms with Gasteiger partial charge < -0.3 is 4.90 Å². The van der Waals surface area contributed by atoms with Crippen molar-refractivity contribution in [2.24, 2.45) is 11.8 Å². The molecule has 1 fully saturated rings. The van der Waals surface area contributed by atoms with E-state index in [2.05, 4.69) is 29.0 Å². The molecule has 3 unspecified atom stereocenters. The smallest absolute Gasteiger partial charge is 0.235 e. The summed E-state index contributed by atoms with van der Waals surface area (Å²) in [6.07, 6.45) is 4.64. The van der Waals surface area contributed by atoms with Crippen LogP contribution in [0, 0.1) is 18.8 Å². The van der Waals surface area contributed by atoms with Gasteiger partial charge in [-0.15, -0.1) is 10.2 Å². The molecule has 1 saturated heterocycles. The Morgan fingerprint density at radius 1 is 1.12 bits per heavy atom. The Morgan fingerprint density at radius 2 is 1.81 bits per heavy atom. The van der Waals surface area contributed by atoms with Crippen molar-refractivity contribution in [3.05, 3.63) is 53.3 Å². The summed E-state index contributed by atoms with van der Waals surface area (Å²) in [5, 5.41) is 10.0. The van der Waals surface area contributed by atoms with E-state index in [0.29, 0.717) is 27.8 Å². The Bertz CT molecular complexity index is 1090. The predicted octanol–water partition coefficient (Wildman–Crippen LogP) is 5.28. The summed E-state index contributed by atoms with van der Waals surface area (Å²) in [5.74, 6) is 1.89. The zero-order valence-electron chi connectivity index (χ0n) is 18.8. The van der Waals surface area contributed by atoms with Crippen LogP contribution >= 0.6 is 23.4 Å². The van der Waals surface area contributed by atoms with Crippen molar-refractivity contribution in [2.75, 3.05) is 13.1 Å². The summed E-state index contributed by atoms with van der Waals surface area (Å²) in [7, 11) is 0. The molecule has 1 amide bonds. The lowest BCUT2D eigenvalue weighted by atomic mass is 9.92. The maximum atomic E-state index is 13.3. The first-order valence-corrected chi connectivity index (χ1v) is 12.2. The summed E-state index contributed by atoms with van der Waals surface area (Å²) in [5.41, 5.74) is 2.73. The van der Waals surface area contributed by atoms with E-state index in [-0.39, 0.29) is 11.2 Å². The number of nitrogens with zero attached hydrogens (tertiary/aromatic N) is 5. The van der Waals surface area contributed by atoms with Crippen LogP contribution in [0.25, 0.3) is 17.1 Å².